The molecule has 168 valence electrons. The maximum absolute atomic E-state index is 12.8. The van der Waals surface area contributed by atoms with Crippen LogP contribution in [-0.2, 0) is 16.3 Å². The molecule has 0 saturated carbocycles. The summed E-state index contributed by atoms with van der Waals surface area (Å²) in [4.78, 5) is 16.5. The van der Waals surface area contributed by atoms with E-state index in [9.17, 15) is 8.42 Å². The van der Waals surface area contributed by atoms with E-state index in [4.69, 9.17) is 32.9 Å². The molecule has 11 heteroatoms. The number of sulfone groups is 1. The van der Waals surface area contributed by atoms with Gasteiger partial charge in [-0.25, -0.2) is 23.4 Å². The number of nitrogens with zero attached hydrogens (tertiary/aromatic N) is 4. The van der Waals surface area contributed by atoms with Crippen LogP contribution in [0.25, 0.3) is 27.9 Å². The first-order valence-electron chi connectivity index (χ1n) is 9.79. The molecule has 0 bridgehead atoms. The predicted molar refractivity (Wildman–Crippen MR) is 127 cm³/mol. The quantitative estimate of drug-likeness (QED) is 0.353. The van der Waals surface area contributed by atoms with Gasteiger partial charge in [-0.3, -0.25) is 4.40 Å². The number of H-pyrrole nitrogens is 1. The molecule has 1 aromatic carbocycles. The number of fused-ring (bicyclic) bond motifs is 2. The molecule has 0 fully saturated rings. The molecule has 0 unspecified atom stereocenters. The predicted octanol–water partition coefficient (Wildman–Crippen LogP) is 4.58. The van der Waals surface area contributed by atoms with E-state index in [-0.39, 0.29) is 11.4 Å². The van der Waals surface area contributed by atoms with Gasteiger partial charge < -0.3 is 9.72 Å². The van der Waals surface area contributed by atoms with Crippen molar-refractivity contribution in [1.29, 1.82) is 0 Å². The molecule has 0 amide bonds. The molecule has 4 heterocycles. The third-order valence-electron chi connectivity index (χ3n) is 5.19. The van der Waals surface area contributed by atoms with Crippen molar-refractivity contribution >= 4 is 49.9 Å². The topological polar surface area (TPSA) is 102 Å². The molecule has 0 aliphatic heterocycles. The van der Waals surface area contributed by atoms with E-state index in [1.807, 2.05) is 12.1 Å². The van der Waals surface area contributed by atoms with E-state index in [1.165, 1.54) is 0 Å². The number of imidazole rings is 2. The van der Waals surface area contributed by atoms with E-state index in [2.05, 4.69) is 15.0 Å². The highest BCUT2D eigenvalue weighted by Gasteiger charge is 2.24. The smallest absolute Gasteiger partial charge is 0.193 e. The van der Waals surface area contributed by atoms with E-state index in [0.717, 1.165) is 6.26 Å². The third kappa shape index (κ3) is 3.92. The number of methoxy groups -OCH3 is 1. The largest absolute Gasteiger partial charge is 0.497 e. The lowest BCUT2D eigenvalue weighted by Crippen LogP contribution is -2.06. The number of halogens is 2. The van der Waals surface area contributed by atoms with Gasteiger partial charge in [0.05, 0.1) is 29.8 Å². The van der Waals surface area contributed by atoms with Gasteiger partial charge in [0.25, 0.3) is 0 Å². The highest BCUT2D eigenvalue weighted by molar-refractivity contribution is 7.90. The van der Waals surface area contributed by atoms with Crippen LogP contribution in [0.4, 0.5) is 0 Å². The van der Waals surface area contributed by atoms with E-state index in [1.54, 1.807) is 48.0 Å². The molecular formula is C22H17Cl2N5O3S. The van der Waals surface area contributed by atoms with E-state index >= 15 is 0 Å². The summed E-state index contributed by atoms with van der Waals surface area (Å²) in [6.07, 6.45) is 2.99. The van der Waals surface area contributed by atoms with Gasteiger partial charge in [-0.15, -0.1) is 0 Å². The molecule has 0 aliphatic carbocycles. The van der Waals surface area contributed by atoms with Crippen molar-refractivity contribution in [2.24, 2.45) is 0 Å². The van der Waals surface area contributed by atoms with Crippen molar-refractivity contribution in [1.82, 2.24) is 24.3 Å². The van der Waals surface area contributed by atoms with Crippen LogP contribution in [0.2, 0.25) is 10.2 Å². The van der Waals surface area contributed by atoms with Crippen LogP contribution in [0.5, 0.6) is 5.75 Å². The monoisotopic (exact) mass is 501 g/mol. The van der Waals surface area contributed by atoms with Gasteiger partial charge in [-0.2, -0.15) is 0 Å². The summed E-state index contributed by atoms with van der Waals surface area (Å²) in [5.41, 5.74) is 3.39. The maximum atomic E-state index is 12.8. The average Bonchev–Trinajstić information content (AvgIpc) is 3.33. The molecule has 1 N–H and O–H groups in total. The van der Waals surface area contributed by atoms with Crippen molar-refractivity contribution in [3.05, 3.63) is 70.4 Å². The maximum Gasteiger partial charge on any atom is 0.193 e. The Morgan fingerprint density at radius 3 is 2.61 bits per heavy atom. The van der Waals surface area contributed by atoms with Crippen molar-refractivity contribution in [3.8, 4) is 16.9 Å². The summed E-state index contributed by atoms with van der Waals surface area (Å²) in [6, 6.07) is 12.3. The zero-order valence-corrected chi connectivity index (χ0v) is 19.8. The number of hydrogen-bond acceptors (Lipinski definition) is 6. The second kappa shape index (κ2) is 8.02. The Kier molecular flexibility index (Phi) is 5.27. The summed E-state index contributed by atoms with van der Waals surface area (Å²) in [7, 11) is -2.06. The minimum Gasteiger partial charge on any atom is -0.497 e. The molecule has 0 atom stereocenters. The van der Waals surface area contributed by atoms with Gasteiger partial charge in [0.1, 0.15) is 22.4 Å². The number of aromatic amines is 1. The lowest BCUT2D eigenvalue weighted by atomic mass is 10.1. The Hall–Kier alpha value is -3.14. The number of aromatic nitrogens is 5. The summed E-state index contributed by atoms with van der Waals surface area (Å²) >= 11 is 12.5. The van der Waals surface area contributed by atoms with E-state index < -0.39 is 9.84 Å². The Bertz CT molecular complexity index is 1640. The van der Waals surface area contributed by atoms with Crippen LogP contribution in [0.1, 0.15) is 11.5 Å². The number of benzene rings is 1. The second-order valence-electron chi connectivity index (χ2n) is 7.46. The molecular weight excluding hydrogens is 485 g/mol. The minimum atomic E-state index is -3.62. The standard InChI is InChI=1S/C22H17Cl2N5O3S/c1-32-12-5-6-13(15(23)10-12)14-4-3-9-29-21(14)26-17(22(29)33(2,30)31)11-19-25-16-7-8-18(24)27-20(16)28-19/h3-10H,11H2,1-2H3,(H,25,27,28). The summed E-state index contributed by atoms with van der Waals surface area (Å²) < 4.78 is 32.3. The Balaban J connectivity index is 1.69. The first-order valence-corrected chi connectivity index (χ1v) is 12.4. The van der Waals surface area contributed by atoms with Crippen LogP contribution in [-0.4, -0.2) is 46.1 Å². The molecule has 0 spiro atoms. The third-order valence-corrected chi connectivity index (χ3v) is 6.85. The highest BCUT2D eigenvalue weighted by Crippen LogP contribution is 2.35. The zero-order chi connectivity index (χ0) is 23.3. The summed E-state index contributed by atoms with van der Waals surface area (Å²) in [5, 5.41) is 0.884. The second-order valence-corrected chi connectivity index (χ2v) is 10.2. The minimum absolute atomic E-state index is 0.0930. The SMILES string of the molecule is COc1ccc(-c2cccn3c(S(C)(=O)=O)c(Cc4nc5nc(Cl)ccc5[nH]4)nc23)c(Cl)c1. The van der Waals surface area contributed by atoms with Gasteiger partial charge in [-0.1, -0.05) is 23.2 Å². The number of ether oxygens (including phenoxy) is 1. The number of nitrogens with one attached hydrogen (secondary N) is 1. The highest BCUT2D eigenvalue weighted by atomic mass is 35.5. The van der Waals surface area contributed by atoms with Crippen LogP contribution in [0.15, 0.2) is 53.7 Å². The van der Waals surface area contributed by atoms with Gasteiger partial charge in [0.15, 0.2) is 20.5 Å². The molecule has 4 aromatic heterocycles. The van der Waals surface area contributed by atoms with Crippen LogP contribution in [0.3, 0.4) is 0 Å². The lowest BCUT2D eigenvalue weighted by molar-refractivity contribution is 0.415. The number of rotatable bonds is 5. The number of pyridine rings is 2. The van der Waals surface area contributed by atoms with Gasteiger partial charge in [-0.05, 0) is 42.5 Å². The van der Waals surface area contributed by atoms with Gasteiger partial charge in [0.2, 0.25) is 0 Å². The van der Waals surface area contributed by atoms with Crippen molar-refractivity contribution < 1.29 is 13.2 Å². The Morgan fingerprint density at radius 2 is 1.88 bits per heavy atom. The van der Waals surface area contributed by atoms with Crippen LogP contribution < -0.4 is 4.74 Å². The average molecular weight is 502 g/mol. The van der Waals surface area contributed by atoms with Crippen LogP contribution >= 0.6 is 23.2 Å². The van der Waals surface area contributed by atoms with Crippen LogP contribution in [0, 0.1) is 0 Å². The lowest BCUT2D eigenvalue weighted by Gasteiger charge is -2.08. The van der Waals surface area contributed by atoms with Crippen molar-refractivity contribution in [3.63, 3.8) is 0 Å². The van der Waals surface area contributed by atoms with Crippen molar-refractivity contribution in [2.45, 2.75) is 11.4 Å². The normalized spacial score (nSPS) is 12.0. The molecule has 0 radical (unpaired) electrons. The van der Waals surface area contributed by atoms with Gasteiger partial charge >= 0.3 is 0 Å². The fourth-order valence-electron chi connectivity index (χ4n) is 3.81. The fraction of sp³-hybridized carbons (Fsp3) is 0.136. The summed E-state index contributed by atoms with van der Waals surface area (Å²) in [5.74, 6) is 1.15. The molecule has 0 saturated heterocycles. The molecule has 5 aromatic rings. The first-order chi connectivity index (χ1) is 15.7. The molecule has 5 rings (SSSR count). The Morgan fingerprint density at radius 1 is 1.06 bits per heavy atom. The van der Waals surface area contributed by atoms with Crippen molar-refractivity contribution in [2.75, 3.05) is 13.4 Å². The fourth-order valence-corrected chi connectivity index (χ4v) is 5.28. The Labute approximate surface area is 199 Å². The van der Waals surface area contributed by atoms with E-state index in [0.29, 0.717) is 55.4 Å². The summed E-state index contributed by atoms with van der Waals surface area (Å²) in [6.45, 7) is 0. The molecule has 8 nitrogen and oxygen atoms in total. The zero-order valence-electron chi connectivity index (χ0n) is 17.5. The number of hydrogen-bond donors (Lipinski definition) is 1. The molecule has 33 heavy (non-hydrogen) atoms. The van der Waals surface area contributed by atoms with Gasteiger partial charge in [0, 0.05) is 23.6 Å². The molecule has 0 aliphatic rings. The first kappa shape index (κ1) is 21.7.